The number of aromatic nitrogens is 2. The van der Waals surface area contributed by atoms with E-state index in [2.05, 4.69) is 15.5 Å². The smallest absolute Gasteiger partial charge is 0.273 e. The van der Waals surface area contributed by atoms with Crippen LogP contribution in [0.3, 0.4) is 0 Å². The minimum absolute atomic E-state index is 0.0772. The highest BCUT2D eigenvalue weighted by molar-refractivity contribution is 6.05. The number of carbonyl (C=O) groups is 2. The van der Waals surface area contributed by atoms with Gasteiger partial charge >= 0.3 is 0 Å². The molecule has 6 nitrogen and oxygen atoms in total. The molecule has 2 rings (SSSR count). The van der Waals surface area contributed by atoms with Gasteiger partial charge < -0.3 is 11.1 Å². The number of H-pyrrole nitrogens is 1. The van der Waals surface area contributed by atoms with Crippen LogP contribution in [0.5, 0.6) is 0 Å². The molecule has 0 radical (unpaired) electrons. The first kappa shape index (κ1) is 13.1. The Kier molecular flexibility index (Phi) is 3.50. The van der Waals surface area contributed by atoms with Crippen LogP contribution in [-0.2, 0) is 4.79 Å². The topological polar surface area (TPSA) is 101 Å². The number of nitrogens with zero attached hydrogens (tertiary/aromatic N) is 1. The van der Waals surface area contributed by atoms with Crippen LogP contribution < -0.4 is 11.1 Å². The number of aromatic amines is 1. The summed E-state index contributed by atoms with van der Waals surface area (Å²) in [6.45, 7) is 3.64. The van der Waals surface area contributed by atoms with Gasteiger partial charge in [-0.05, 0) is 12.0 Å². The second-order valence-corrected chi connectivity index (χ2v) is 4.72. The van der Waals surface area contributed by atoms with Crippen LogP contribution in [-0.4, -0.2) is 28.1 Å². The predicted octanol–water partition coefficient (Wildman–Crippen LogP) is 0.803. The molecule has 0 unspecified atom stereocenters. The van der Waals surface area contributed by atoms with Gasteiger partial charge in [-0.3, -0.25) is 14.7 Å². The first-order valence-corrected chi connectivity index (χ1v) is 6.04. The molecule has 2 aromatic rings. The van der Waals surface area contributed by atoms with E-state index in [-0.39, 0.29) is 11.6 Å². The molecular weight excluding hydrogens is 244 g/mol. The highest BCUT2D eigenvalue weighted by atomic mass is 16.2. The number of hydrogen-bond donors (Lipinski definition) is 3. The number of para-hydroxylation sites is 1. The molecule has 2 amide bonds. The molecule has 0 fully saturated rings. The summed E-state index contributed by atoms with van der Waals surface area (Å²) >= 11 is 0. The Hall–Kier alpha value is -2.37. The number of benzene rings is 1. The predicted molar refractivity (Wildman–Crippen MR) is 71.4 cm³/mol. The SMILES string of the molecule is CC(C)[C@H](NC(=O)c1n[nH]c2ccccc12)C(N)=O. The Morgan fingerprint density at radius 1 is 1.32 bits per heavy atom. The summed E-state index contributed by atoms with van der Waals surface area (Å²) in [4.78, 5) is 23.4. The number of nitrogens with one attached hydrogen (secondary N) is 2. The summed E-state index contributed by atoms with van der Waals surface area (Å²) in [5.74, 6) is -1.04. The van der Waals surface area contributed by atoms with Crippen molar-refractivity contribution in [1.29, 1.82) is 0 Å². The molecule has 1 atom stereocenters. The minimum Gasteiger partial charge on any atom is -0.368 e. The number of primary amides is 1. The van der Waals surface area contributed by atoms with Crippen molar-refractivity contribution in [1.82, 2.24) is 15.5 Å². The minimum atomic E-state index is -0.706. The summed E-state index contributed by atoms with van der Waals surface area (Å²) in [6.07, 6.45) is 0. The number of hydrogen-bond acceptors (Lipinski definition) is 3. The first-order valence-electron chi connectivity index (χ1n) is 6.04. The number of carbonyl (C=O) groups excluding carboxylic acids is 2. The van der Waals surface area contributed by atoms with E-state index in [0.717, 1.165) is 5.52 Å². The quantitative estimate of drug-likeness (QED) is 0.758. The van der Waals surface area contributed by atoms with Gasteiger partial charge in [0, 0.05) is 5.39 Å². The van der Waals surface area contributed by atoms with E-state index in [0.29, 0.717) is 5.39 Å². The van der Waals surface area contributed by atoms with Crippen LogP contribution in [0.4, 0.5) is 0 Å². The molecule has 6 heteroatoms. The van der Waals surface area contributed by atoms with Crippen LogP contribution >= 0.6 is 0 Å². The van der Waals surface area contributed by atoms with Gasteiger partial charge in [0.1, 0.15) is 6.04 Å². The van der Waals surface area contributed by atoms with Crippen LogP contribution in [0.15, 0.2) is 24.3 Å². The van der Waals surface area contributed by atoms with Gasteiger partial charge in [-0.25, -0.2) is 0 Å². The molecule has 0 bridgehead atoms. The maximum Gasteiger partial charge on any atom is 0.273 e. The Bertz CT molecular complexity index is 618. The third-order valence-corrected chi connectivity index (χ3v) is 2.95. The fraction of sp³-hybridized carbons (Fsp3) is 0.308. The van der Waals surface area contributed by atoms with E-state index < -0.39 is 17.9 Å². The molecule has 4 N–H and O–H groups in total. The van der Waals surface area contributed by atoms with E-state index in [1.54, 1.807) is 6.07 Å². The molecule has 0 spiro atoms. The van der Waals surface area contributed by atoms with E-state index in [9.17, 15) is 9.59 Å². The molecule has 1 aromatic carbocycles. The zero-order chi connectivity index (χ0) is 14.0. The lowest BCUT2D eigenvalue weighted by Gasteiger charge is -2.18. The van der Waals surface area contributed by atoms with Crippen molar-refractivity contribution in [2.45, 2.75) is 19.9 Å². The van der Waals surface area contributed by atoms with Gasteiger partial charge in [0.25, 0.3) is 5.91 Å². The molecule has 1 heterocycles. The normalized spacial score (nSPS) is 12.6. The molecular formula is C13H16N4O2. The average Bonchev–Trinajstić information content (AvgIpc) is 2.78. The fourth-order valence-electron chi connectivity index (χ4n) is 1.91. The van der Waals surface area contributed by atoms with Gasteiger partial charge in [-0.15, -0.1) is 0 Å². The van der Waals surface area contributed by atoms with E-state index in [4.69, 9.17) is 5.73 Å². The first-order chi connectivity index (χ1) is 9.00. The van der Waals surface area contributed by atoms with E-state index in [1.807, 2.05) is 32.0 Å². The zero-order valence-electron chi connectivity index (χ0n) is 10.8. The van der Waals surface area contributed by atoms with Crippen molar-refractivity contribution in [3.63, 3.8) is 0 Å². The summed E-state index contributed by atoms with van der Waals surface area (Å²) in [6, 6.07) is 6.59. The number of amides is 2. The van der Waals surface area contributed by atoms with Crippen LogP contribution in [0.2, 0.25) is 0 Å². The average molecular weight is 260 g/mol. The Balaban J connectivity index is 2.27. The number of rotatable bonds is 4. The highest BCUT2D eigenvalue weighted by Crippen LogP contribution is 2.15. The fourth-order valence-corrected chi connectivity index (χ4v) is 1.91. The third-order valence-electron chi connectivity index (χ3n) is 2.95. The largest absolute Gasteiger partial charge is 0.368 e. The molecule has 0 saturated heterocycles. The van der Waals surface area contributed by atoms with Gasteiger partial charge in [0.2, 0.25) is 5.91 Å². The van der Waals surface area contributed by atoms with Crippen molar-refractivity contribution in [3.05, 3.63) is 30.0 Å². The third kappa shape index (κ3) is 2.57. The molecule has 1 aromatic heterocycles. The van der Waals surface area contributed by atoms with E-state index >= 15 is 0 Å². The van der Waals surface area contributed by atoms with Gasteiger partial charge in [0.05, 0.1) is 5.52 Å². The maximum absolute atomic E-state index is 12.1. The lowest BCUT2D eigenvalue weighted by molar-refractivity contribution is -0.120. The lowest BCUT2D eigenvalue weighted by Crippen LogP contribution is -2.47. The molecule has 100 valence electrons. The molecule has 0 aliphatic heterocycles. The maximum atomic E-state index is 12.1. The van der Waals surface area contributed by atoms with Crippen molar-refractivity contribution >= 4 is 22.7 Å². The Morgan fingerprint density at radius 3 is 2.63 bits per heavy atom. The van der Waals surface area contributed by atoms with Crippen LogP contribution in [0, 0.1) is 5.92 Å². The second kappa shape index (κ2) is 5.09. The molecule has 0 aliphatic carbocycles. The zero-order valence-corrected chi connectivity index (χ0v) is 10.8. The van der Waals surface area contributed by atoms with Gasteiger partial charge in [-0.1, -0.05) is 32.0 Å². The van der Waals surface area contributed by atoms with Crippen molar-refractivity contribution in [2.24, 2.45) is 11.7 Å². The van der Waals surface area contributed by atoms with E-state index in [1.165, 1.54) is 0 Å². The lowest BCUT2D eigenvalue weighted by atomic mass is 10.0. The van der Waals surface area contributed by atoms with Crippen LogP contribution in [0.1, 0.15) is 24.3 Å². The van der Waals surface area contributed by atoms with Crippen molar-refractivity contribution in [2.75, 3.05) is 0 Å². The summed E-state index contributed by atoms with van der Waals surface area (Å²) in [5.41, 5.74) is 6.31. The Morgan fingerprint density at radius 2 is 2.00 bits per heavy atom. The Labute approximate surface area is 110 Å². The second-order valence-electron chi connectivity index (χ2n) is 4.72. The molecule has 0 aliphatic rings. The summed E-state index contributed by atoms with van der Waals surface area (Å²) in [5, 5.41) is 10.1. The van der Waals surface area contributed by atoms with Gasteiger partial charge in [-0.2, -0.15) is 5.10 Å². The van der Waals surface area contributed by atoms with Crippen LogP contribution in [0.25, 0.3) is 10.9 Å². The van der Waals surface area contributed by atoms with Crippen molar-refractivity contribution < 1.29 is 9.59 Å². The standard InChI is InChI=1S/C13H16N4O2/c1-7(2)10(12(14)18)15-13(19)11-8-5-3-4-6-9(8)16-17-11/h3-7,10H,1-2H3,(H2,14,18)(H,15,19)(H,16,17)/t10-/m0/s1. The monoisotopic (exact) mass is 260 g/mol. The summed E-state index contributed by atoms with van der Waals surface area (Å²) in [7, 11) is 0. The van der Waals surface area contributed by atoms with Crippen molar-refractivity contribution in [3.8, 4) is 0 Å². The highest BCUT2D eigenvalue weighted by Gasteiger charge is 2.24. The summed E-state index contributed by atoms with van der Waals surface area (Å²) < 4.78 is 0. The van der Waals surface area contributed by atoms with Gasteiger partial charge in [0.15, 0.2) is 5.69 Å². The number of fused-ring (bicyclic) bond motifs is 1. The molecule has 0 saturated carbocycles. The number of nitrogens with two attached hydrogens (primary N) is 1. The molecule has 19 heavy (non-hydrogen) atoms.